The monoisotopic (exact) mass is 421 g/mol. The molecule has 3 aliphatic rings. The van der Waals surface area contributed by atoms with Crippen molar-refractivity contribution in [1.29, 1.82) is 0 Å². The largest absolute Gasteiger partial charge is 0.452 e. The van der Waals surface area contributed by atoms with Crippen molar-refractivity contribution in [2.24, 2.45) is 0 Å². The molecule has 0 bridgehead atoms. The Bertz CT molecular complexity index is 738. The third-order valence-corrected chi connectivity index (χ3v) is 5.80. The summed E-state index contributed by atoms with van der Waals surface area (Å²) in [5, 5.41) is 12.0. The number of ether oxygens (including phenoxy) is 5. The lowest BCUT2D eigenvalue weighted by Crippen LogP contribution is -2.65. The van der Waals surface area contributed by atoms with Crippen molar-refractivity contribution in [3.8, 4) is 0 Å². The zero-order valence-electron chi connectivity index (χ0n) is 16.9. The van der Waals surface area contributed by atoms with E-state index in [1.54, 1.807) is 0 Å². The number of carbonyl (C=O) groups is 1. The van der Waals surface area contributed by atoms with Gasteiger partial charge in [0.1, 0.15) is 12.2 Å². The van der Waals surface area contributed by atoms with Crippen LogP contribution in [0.3, 0.4) is 0 Å². The van der Waals surface area contributed by atoms with Crippen LogP contribution >= 0.6 is 0 Å². The summed E-state index contributed by atoms with van der Waals surface area (Å²) in [6.45, 7) is 1.38. The Morgan fingerprint density at radius 1 is 1.13 bits per heavy atom. The molecule has 1 saturated carbocycles. The third kappa shape index (κ3) is 4.64. The van der Waals surface area contributed by atoms with Gasteiger partial charge in [0.15, 0.2) is 6.29 Å². The number of benzene rings is 1. The topological polar surface area (TPSA) is 106 Å². The normalized spacial score (nSPS) is 34.7. The van der Waals surface area contributed by atoms with Gasteiger partial charge in [0.05, 0.1) is 12.7 Å². The highest BCUT2D eigenvalue weighted by atomic mass is 16.8. The molecule has 0 radical (unpaired) electrons. The van der Waals surface area contributed by atoms with E-state index < -0.39 is 47.8 Å². The number of nitrogens with zero attached hydrogens (tertiary/aromatic N) is 1. The molecular formula is C21H27NO8. The highest BCUT2D eigenvalue weighted by molar-refractivity contribution is 5.66. The van der Waals surface area contributed by atoms with E-state index >= 15 is 0 Å². The molecule has 4 rings (SSSR count). The number of rotatable bonds is 5. The molecule has 1 aromatic carbocycles. The standard InChI is InChI=1S/C21H27NO8/c1-13(23)27-19-17(22(24)25)21(28-15-10-6-3-7-11-15)29-16-12-26-20(30-18(16)19)14-8-4-2-5-9-14/h2,4-5,8-9,15-21H,3,6-7,10-12H2,1H3/t16-,17-,18-,19-,20-,21-/m1/s1. The van der Waals surface area contributed by atoms with Crippen LogP contribution in [0.1, 0.15) is 50.9 Å². The Balaban J connectivity index is 1.57. The van der Waals surface area contributed by atoms with Gasteiger partial charge >= 0.3 is 12.0 Å². The fourth-order valence-corrected chi connectivity index (χ4v) is 4.39. The van der Waals surface area contributed by atoms with E-state index in [0.717, 1.165) is 37.7 Å². The molecule has 2 heterocycles. The fraction of sp³-hybridized carbons (Fsp3) is 0.667. The number of carbonyl (C=O) groups excluding carboxylic acids is 1. The second kappa shape index (κ2) is 9.38. The average molecular weight is 421 g/mol. The van der Waals surface area contributed by atoms with Crippen LogP contribution in [0.25, 0.3) is 0 Å². The average Bonchev–Trinajstić information content (AvgIpc) is 2.74. The van der Waals surface area contributed by atoms with Gasteiger partial charge in [-0.1, -0.05) is 49.6 Å². The highest BCUT2D eigenvalue weighted by Crippen LogP contribution is 2.37. The van der Waals surface area contributed by atoms with Gasteiger partial charge in [0.2, 0.25) is 12.4 Å². The Morgan fingerprint density at radius 3 is 2.53 bits per heavy atom. The first-order chi connectivity index (χ1) is 14.5. The maximum Gasteiger partial charge on any atom is 0.303 e. The molecule has 1 aromatic rings. The number of nitro groups is 1. The van der Waals surface area contributed by atoms with E-state index in [0.29, 0.717) is 0 Å². The zero-order chi connectivity index (χ0) is 21.1. The summed E-state index contributed by atoms with van der Waals surface area (Å²) in [6.07, 6.45) is 0.256. The van der Waals surface area contributed by atoms with E-state index in [9.17, 15) is 14.9 Å². The molecular weight excluding hydrogens is 394 g/mol. The molecule has 0 unspecified atom stereocenters. The third-order valence-electron chi connectivity index (χ3n) is 5.80. The molecule has 0 spiro atoms. The molecule has 2 aliphatic heterocycles. The molecule has 1 aliphatic carbocycles. The molecule has 2 saturated heterocycles. The number of hydrogen-bond donors (Lipinski definition) is 0. The quantitative estimate of drug-likeness (QED) is 0.406. The van der Waals surface area contributed by atoms with Gasteiger partial charge in [-0.25, -0.2) is 0 Å². The lowest BCUT2D eigenvalue weighted by Gasteiger charge is -2.46. The first-order valence-corrected chi connectivity index (χ1v) is 10.5. The van der Waals surface area contributed by atoms with E-state index in [2.05, 4.69) is 0 Å². The Hall–Kier alpha value is -2.07. The summed E-state index contributed by atoms with van der Waals surface area (Å²) < 4.78 is 29.2. The predicted molar refractivity (Wildman–Crippen MR) is 103 cm³/mol. The number of esters is 1. The van der Waals surface area contributed by atoms with Crippen LogP contribution < -0.4 is 0 Å². The van der Waals surface area contributed by atoms with E-state index in [1.165, 1.54) is 6.92 Å². The molecule has 6 atom stereocenters. The lowest BCUT2D eigenvalue weighted by molar-refractivity contribution is -0.579. The van der Waals surface area contributed by atoms with Crippen molar-refractivity contribution in [3.63, 3.8) is 0 Å². The molecule has 30 heavy (non-hydrogen) atoms. The predicted octanol–water partition coefficient (Wildman–Crippen LogP) is 2.75. The van der Waals surface area contributed by atoms with Crippen LogP contribution in [0.2, 0.25) is 0 Å². The smallest absolute Gasteiger partial charge is 0.303 e. The van der Waals surface area contributed by atoms with Gasteiger partial charge in [0, 0.05) is 17.4 Å². The second-order valence-corrected chi connectivity index (χ2v) is 7.97. The summed E-state index contributed by atoms with van der Waals surface area (Å²) in [6, 6.07) is 7.87. The van der Waals surface area contributed by atoms with Crippen LogP contribution in [0.5, 0.6) is 0 Å². The number of hydrogen-bond acceptors (Lipinski definition) is 8. The van der Waals surface area contributed by atoms with E-state index in [-0.39, 0.29) is 12.7 Å². The minimum absolute atomic E-state index is 0.108. The van der Waals surface area contributed by atoms with Gasteiger partial charge in [-0.15, -0.1) is 0 Å². The van der Waals surface area contributed by atoms with E-state index in [1.807, 2.05) is 30.3 Å². The molecule has 9 heteroatoms. The summed E-state index contributed by atoms with van der Waals surface area (Å²) in [5.74, 6) is -0.615. The summed E-state index contributed by atoms with van der Waals surface area (Å²) in [5.41, 5.74) is 0.774. The van der Waals surface area contributed by atoms with Crippen LogP contribution in [-0.2, 0) is 28.5 Å². The van der Waals surface area contributed by atoms with Crippen molar-refractivity contribution in [2.45, 2.75) is 82.1 Å². The van der Waals surface area contributed by atoms with Crippen molar-refractivity contribution in [1.82, 2.24) is 0 Å². The molecule has 0 amide bonds. The van der Waals surface area contributed by atoms with Crippen LogP contribution in [0, 0.1) is 10.1 Å². The van der Waals surface area contributed by atoms with Gasteiger partial charge in [0.25, 0.3) is 0 Å². The van der Waals surface area contributed by atoms with Crippen molar-refractivity contribution >= 4 is 5.97 Å². The Labute approximate surface area is 174 Å². The number of fused-ring (bicyclic) bond motifs is 1. The molecule has 3 fully saturated rings. The van der Waals surface area contributed by atoms with E-state index in [4.69, 9.17) is 23.7 Å². The zero-order valence-corrected chi connectivity index (χ0v) is 16.9. The first kappa shape index (κ1) is 21.2. The minimum atomic E-state index is -1.38. The van der Waals surface area contributed by atoms with Crippen molar-refractivity contribution in [2.75, 3.05) is 6.61 Å². The molecule has 0 aromatic heterocycles. The Kier molecular flexibility index (Phi) is 6.62. The molecule has 164 valence electrons. The molecule has 9 nitrogen and oxygen atoms in total. The lowest BCUT2D eigenvalue weighted by atomic mass is 9.94. The summed E-state index contributed by atoms with van der Waals surface area (Å²) in [4.78, 5) is 23.3. The molecule has 0 N–H and O–H groups in total. The highest BCUT2D eigenvalue weighted by Gasteiger charge is 2.58. The van der Waals surface area contributed by atoms with Crippen LogP contribution in [0.4, 0.5) is 0 Å². The maximum absolute atomic E-state index is 12.0. The SMILES string of the molecule is CC(=O)O[C@H]1[C@@H]2O[C@H](c3ccccc3)OC[C@H]2O[C@@H](OC2CCCCC2)[C@@H]1[N+](=O)[O-]. The first-order valence-electron chi connectivity index (χ1n) is 10.5. The fourth-order valence-electron chi connectivity index (χ4n) is 4.39. The maximum atomic E-state index is 12.0. The van der Waals surface area contributed by atoms with Crippen LogP contribution in [-0.4, -0.2) is 54.2 Å². The second-order valence-electron chi connectivity index (χ2n) is 7.97. The van der Waals surface area contributed by atoms with Gasteiger partial charge in [-0.05, 0) is 12.8 Å². The van der Waals surface area contributed by atoms with Crippen molar-refractivity contribution < 1.29 is 33.4 Å². The van der Waals surface area contributed by atoms with Gasteiger partial charge in [-0.2, -0.15) is 0 Å². The van der Waals surface area contributed by atoms with Crippen molar-refractivity contribution in [3.05, 3.63) is 46.0 Å². The minimum Gasteiger partial charge on any atom is -0.452 e. The summed E-state index contributed by atoms with van der Waals surface area (Å²) in [7, 11) is 0. The van der Waals surface area contributed by atoms with Gasteiger partial charge in [-0.3, -0.25) is 14.9 Å². The van der Waals surface area contributed by atoms with Gasteiger partial charge < -0.3 is 23.7 Å². The summed E-state index contributed by atoms with van der Waals surface area (Å²) >= 11 is 0. The Morgan fingerprint density at radius 2 is 1.87 bits per heavy atom. The van der Waals surface area contributed by atoms with Crippen LogP contribution in [0.15, 0.2) is 30.3 Å².